The minimum Gasteiger partial charge on any atom is -0.493 e. The van der Waals surface area contributed by atoms with Crippen molar-refractivity contribution in [1.82, 2.24) is 0 Å². The van der Waals surface area contributed by atoms with E-state index in [0.717, 1.165) is 0 Å². The number of non-ortho nitro benzene ring substituents is 1. The number of hydrogen-bond donors (Lipinski definition) is 1. The monoisotopic (exact) mass is 271 g/mol. The number of hydrogen-bond acceptors (Lipinski definition) is 5. The quantitative estimate of drug-likeness (QED) is 0.491. The molecular weight excluding hydrogens is 254 g/mol. The van der Waals surface area contributed by atoms with Gasteiger partial charge in [-0.1, -0.05) is 13.8 Å². The lowest BCUT2D eigenvalue weighted by molar-refractivity contribution is -0.385. The number of nitrogens with zero attached hydrogens (tertiary/aromatic N) is 1. The first kappa shape index (κ1) is 14.6. The van der Waals surface area contributed by atoms with Crippen LogP contribution in [0.1, 0.15) is 13.8 Å². The van der Waals surface area contributed by atoms with Crippen LogP contribution >= 0.6 is 12.6 Å². The minimum atomic E-state index is -0.462. The number of thiol groups is 1. The summed E-state index contributed by atoms with van der Waals surface area (Å²) in [6.45, 7) is 4.42. The van der Waals surface area contributed by atoms with Crippen molar-refractivity contribution in [3.8, 4) is 11.5 Å². The maximum Gasteiger partial charge on any atom is 0.273 e. The van der Waals surface area contributed by atoms with Gasteiger partial charge in [0.15, 0.2) is 11.5 Å². The molecule has 6 heteroatoms. The molecule has 0 unspecified atom stereocenters. The molecule has 0 radical (unpaired) electrons. The number of methoxy groups -OCH3 is 1. The molecule has 0 aliphatic heterocycles. The summed E-state index contributed by atoms with van der Waals surface area (Å²) < 4.78 is 10.7. The van der Waals surface area contributed by atoms with Gasteiger partial charge in [0.05, 0.1) is 24.7 Å². The summed E-state index contributed by atoms with van der Waals surface area (Å²) in [4.78, 5) is 10.2. The van der Waals surface area contributed by atoms with Gasteiger partial charge in [-0.05, 0) is 11.8 Å². The van der Waals surface area contributed by atoms with Crippen LogP contribution in [0.3, 0.4) is 0 Å². The molecule has 0 heterocycles. The third-order valence-electron chi connectivity index (χ3n) is 2.40. The predicted molar refractivity (Wildman–Crippen MR) is 72.8 cm³/mol. The van der Waals surface area contributed by atoms with Gasteiger partial charge in [0.25, 0.3) is 5.69 Å². The van der Waals surface area contributed by atoms with E-state index in [0.29, 0.717) is 23.9 Å². The fourth-order valence-electron chi connectivity index (χ4n) is 1.21. The summed E-state index contributed by atoms with van der Waals surface area (Å²) in [6.07, 6.45) is 0. The van der Waals surface area contributed by atoms with Crippen LogP contribution in [0.25, 0.3) is 0 Å². The standard InChI is InChI=1S/C12H17NO4S/c1-12(2,8-18)7-17-11-6-9(13(14)15)4-5-10(11)16-3/h4-6,18H,7-8H2,1-3H3. The minimum absolute atomic E-state index is 0.0190. The molecule has 0 N–H and O–H groups in total. The third kappa shape index (κ3) is 3.80. The first-order chi connectivity index (χ1) is 8.39. The van der Waals surface area contributed by atoms with Gasteiger partial charge in [0.1, 0.15) is 0 Å². The molecule has 0 aliphatic carbocycles. The zero-order valence-corrected chi connectivity index (χ0v) is 11.6. The predicted octanol–water partition coefficient (Wildman–Crippen LogP) is 2.94. The van der Waals surface area contributed by atoms with Gasteiger partial charge in [-0.3, -0.25) is 10.1 Å². The summed E-state index contributed by atoms with van der Waals surface area (Å²) in [6, 6.07) is 4.28. The fraction of sp³-hybridized carbons (Fsp3) is 0.500. The van der Waals surface area contributed by atoms with Crippen molar-refractivity contribution in [2.24, 2.45) is 5.41 Å². The topological polar surface area (TPSA) is 61.6 Å². The zero-order chi connectivity index (χ0) is 13.8. The van der Waals surface area contributed by atoms with Crippen molar-refractivity contribution in [2.45, 2.75) is 13.8 Å². The molecule has 0 aromatic heterocycles. The van der Waals surface area contributed by atoms with Crippen LogP contribution in [-0.2, 0) is 0 Å². The molecule has 0 atom stereocenters. The van der Waals surface area contributed by atoms with Crippen molar-refractivity contribution in [3.05, 3.63) is 28.3 Å². The van der Waals surface area contributed by atoms with Gasteiger partial charge >= 0.3 is 0 Å². The second-order valence-electron chi connectivity index (χ2n) is 4.70. The fourth-order valence-corrected chi connectivity index (χ4v) is 1.30. The average molecular weight is 271 g/mol. The Hall–Kier alpha value is -1.43. The van der Waals surface area contributed by atoms with Gasteiger partial charge in [0.2, 0.25) is 0 Å². The molecule has 1 rings (SSSR count). The molecule has 5 nitrogen and oxygen atoms in total. The maximum atomic E-state index is 10.7. The summed E-state index contributed by atoms with van der Waals surface area (Å²) in [7, 11) is 1.50. The van der Waals surface area contributed by atoms with Crippen molar-refractivity contribution >= 4 is 18.3 Å². The van der Waals surface area contributed by atoms with Crippen LogP contribution in [0.15, 0.2) is 18.2 Å². The first-order valence-corrected chi connectivity index (χ1v) is 6.09. The van der Waals surface area contributed by atoms with Crippen LogP contribution in [-0.4, -0.2) is 24.4 Å². The Balaban J connectivity index is 2.91. The molecule has 0 aliphatic rings. The molecule has 1 aromatic carbocycles. The van der Waals surface area contributed by atoms with Crippen molar-refractivity contribution in [3.63, 3.8) is 0 Å². The van der Waals surface area contributed by atoms with E-state index in [1.54, 1.807) is 0 Å². The summed E-state index contributed by atoms with van der Waals surface area (Å²) in [5, 5.41) is 10.7. The number of rotatable bonds is 6. The van der Waals surface area contributed by atoms with E-state index < -0.39 is 4.92 Å². The molecule has 0 spiro atoms. The second-order valence-corrected chi connectivity index (χ2v) is 5.02. The van der Waals surface area contributed by atoms with E-state index in [4.69, 9.17) is 9.47 Å². The number of benzene rings is 1. The molecular formula is C12H17NO4S. The SMILES string of the molecule is COc1ccc([N+](=O)[O-])cc1OCC(C)(C)CS. The highest BCUT2D eigenvalue weighted by Gasteiger charge is 2.19. The average Bonchev–Trinajstić information content (AvgIpc) is 2.36. The Morgan fingerprint density at radius 2 is 2.06 bits per heavy atom. The van der Waals surface area contributed by atoms with Crippen molar-refractivity contribution in [1.29, 1.82) is 0 Å². The van der Waals surface area contributed by atoms with Gasteiger partial charge in [0, 0.05) is 11.5 Å². The maximum absolute atomic E-state index is 10.7. The zero-order valence-electron chi connectivity index (χ0n) is 10.7. The van der Waals surface area contributed by atoms with E-state index in [2.05, 4.69) is 12.6 Å². The molecule has 100 valence electrons. The first-order valence-electron chi connectivity index (χ1n) is 5.46. The van der Waals surface area contributed by atoms with Crippen LogP contribution < -0.4 is 9.47 Å². The van der Waals surface area contributed by atoms with E-state index in [1.807, 2.05) is 13.8 Å². The molecule has 1 aromatic rings. The molecule has 0 amide bonds. The van der Waals surface area contributed by atoms with Crippen LogP contribution in [0.4, 0.5) is 5.69 Å². The van der Waals surface area contributed by atoms with Gasteiger partial charge in [-0.2, -0.15) is 12.6 Å². The Morgan fingerprint density at radius 1 is 1.39 bits per heavy atom. The molecule has 18 heavy (non-hydrogen) atoms. The van der Waals surface area contributed by atoms with Gasteiger partial charge in [-0.25, -0.2) is 0 Å². The highest BCUT2D eigenvalue weighted by Crippen LogP contribution is 2.32. The Morgan fingerprint density at radius 3 is 2.56 bits per heavy atom. The molecule has 0 saturated carbocycles. The Kier molecular flexibility index (Phi) is 4.84. The molecule has 0 bridgehead atoms. The number of ether oxygens (including phenoxy) is 2. The van der Waals surface area contributed by atoms with Crippen molar-refractivity contribution in [2.75, 3.05) is 19.5 Å². The lowest BCUT2D eigenvalue weighted by Crippen LogP contribution is -2.23. The van der Waals surface area contributed by atoms with Crippen LogP contribution in [0, 0.1) is 15.5 Å². The lowest BCUT2D eigenvalue weighted by atomic mass is 9.98. The van der Waals surface area contributed by atoms with Crippen molar-refractivity contribution < 1.29 is 14.4 Å². The van der Waals surface area contributed by atoms with Gasteiger partial charge < -0.3 is 9.47 Å². The Bertz CT molecular complexity index is 434. The van der Waals surface area contributed by atoms with Crippen LogP contribution in [0.2, 0.25) is 0 Å². The highest BCUT2D eigenvalue weighted by molar-refractivity contribution is 7.80. The largest absolute Gasteiger partial charge is 0.493 e. The van der Waals surface area contributed by atoms with E-state index in [-0.39, 0.29) is 11.1 Å². The third-order valence-corrected chi connectivity index (χ3v) is 3.26. The molecule has 0 saturated heterocycles. The second kappa shape index (κ2) is 5.95. The number of nitro benzene ring substituents is 1. The molecule has 0 fully saturated rings. The Labute approximate surface area is 112 Å². The van der Waals surface area contributed by atoms with E-state index in [1.165, 1.54) is 25.3 Å². The summed E-state index contributed by atoms with van der Waals surface area (Å²) in [5.74, 6) is 1.52. The summed E-state index contributed by atoms with van der Waals surface area (Å²) in [5.41, 5.74) is -0.131. The smallest absolute Gasteiger partial charge is 0.273 e. The lowest BCUT2D eigenvalue weighted by Gasteiger charge is -2.22. The van der Waals surface area contributed by atoms with E-state index >= 15 is 0 Å². The normalized spacial score (nSPS) is 11.1. The van der Waals surface area contributed by atoms with Crippen LogP contribution in [0.5, 0.6) is 11.5 Å². The highest BCUT2D eigenvalue weighted by atomic mass is 32.1. The number of nitro groups is 1. The van der Waals surface area contributed by atoms with E-state index in [9.17, 15) is 10.1 Å². The van der Waals surface area contributed by atoms with Gasteiger partial charge in [-0.15, -0.1) is 0 Å². The summed E-state index contributed by atoms with van der Waals surface area (Å²) >= 11 is 4.23.